The Balaban J connectivity index is 2.01. The Morgan fingerprint density at radius 2 is 1.84 bits per heavy atom. The summed E-state index contributed by atoms with van der Waals surface area (Å²) in [6.45, 7) is 4.05. The van der Waals surface area contributed by atoms with Crippen molar-refractivity contribution >= 4 is 40.9 Å². The highest BCUT2D eigenvalue weighted by atomic mass is 32.2. The molecular weight excluding hydrogens is 354 g/mol. The quantitative estimate of drug-likeness (QED) is 0.533. The second-order valence-corrected chi connectivity index (χ2v) is 7.11. The van der Waals surface area contributed by atoms with Gasteiger partial charge in [0.05, 0.1) is 18.0 Å². The molecule has 0 radical (unpaired) electrons. The molecule has 2 aromatic rings. The van der Waals surface area contributed by atoms with Crippen LogP contribution in [0.25, 0.3) is 0 Å². The van der Waals surface area contributed by atoms with E-state index in [2.05, 4.69) is 5.32 Å². The number of thioether (sulfide) groups is 2. The number of rotatable bonds is 8. The Morgan fingerprint density at radius 3 is 2.44 bits per heavy atom. The molecule has 0 saturated heterocycles. The van der Waals surface area contributed by atoms with Crippen molar-refractivity contribution in [1.82, 2.24) is 0 Å². The van der Waals surface area contributed by atoms with Crippen LogP contribution in [0.15, 0.2) is 52.3 Å². The molecule has 0 spiro atoms. The zero-order chi connectivity index (χ0) is 18.2. The minimum atomic E-state index is -0.125. The molecule has 0 unspecified atom stereocenters. The maximum absolute atomic E-state index is 12.4. The minimum absolute atomic E-state index is 0.0589. The first-order chi connectivity index (χ1) is 12.0. The van der Waals surface area contributed by atoms with E-state index in [1.807, 2.05) is 43.5 Å². The van der Waals surface area contributed by atoms with Crippen LogP contribution in [-0.4, -0.2) is 30.3 Å². The molecule has 0 saturated carbocycles. The van der Waals surface area contributed by atoms with Gasteiger partial charge >= 0.3 is 0 Å². The highest BCUT2D eigenvalue weighted by molar-refractivity contribution is 8.00. The lowest BCUT2D eigenvalue weighted by Crippen LogP contribution is -2.08. The maximum atomic E-state index is 12.4. The average Bonchev–Trinajstić information content (AvgIpc) is 2.61. The lowest BCUT2D eigenvalue weighted by Gasteiger charge is -2.10. The van der Waals surface area contributed by atoms with E-state index in [-0.39, 0.29) is 11.7 Å². The van der Waals surface area contributed by atoms with Crippen LogP contribution in [0.5, 0.6) is 5.75 Å². The number of hydrogen-bond acceptors (Lipinski definition) is 5. The Hall–Kier alpha value is -1.92. The minimum Gasteiger partial charge on any atom is -0.494 e. The molecule has 0 atom stereocenters. The summed E-state index contributed by atoms with van der Waals surface area (Å²) in [5.41, 5.74) is 1.38. The van der Waals surface area contributed by atoms with Crippen LogP contribution < -0.4 is 10.1 Å². The molecule has 2 rings (SSSR count). The highest BCUT2D eigenvalue weighted by Gasteiger charge is 2.11. The Kier molecular flexibility index (Phi) is 7.40. The molecule has 6 heteroatoms. The van der Waals surface area contributed by atoms with Gasteiger partial charge in [0.2, 0.25) is 5.91 Å². The molecule has 25 heavy (non-hydrogen) atoms. The zero-order valence-corrected chi connectivity index (χ0v) is 16.1. The highest BCUT2D eigenvalue weighted by Crippen LogP contribution is 2.28. The van der Waals surface area contributed by atoms with E-state index in [9.17, 15) is 9.59 Å². The fraction of sp³-hybridized carbons (Fsp3) is 0.263. The van der Waals surface area contributed by atoms with Crippen LogP contribution >= 0.6 is 23.5 Å². The number of anilines is 1. The van der Waals surface area contributed by atoms with Gasteiger partial charge < -0.3 is 10.1 Å². The van der Waals surface area contributed by atoms with Gasteiger partial charge in [-0.1, -0.05) is 0 Å². The summed E-state index contributed by atoms with van der Waals surface area (Å²) in [4.78, 5) is 25.6. The number of amides is 1. The molecule has 0 aliphatic rings. The number of carbonyl (C=O) groups excluding carboxylic acids is 2. The third-order valence-corrected chi connectivity index (χ3v) is 5.13. The van der Waals surface area contributed by atoms with Gasteiger partial charge in [-0.05, 0) is 55.6 Å². The van der Waals surface area contributed by atoms with E-state index in [0.29, 0.717) is 17.9 Å². The third kappa shape index (κ3) is 5.83. The number of Topliss-reactive ketones (excluding diaryl/α,β-unsaturated/α-hetero) is 1. The van der Waals surface area contributed by atoms with E-state index in [1.165, 1.54) is 30.4 Å². The molecular formula is C19H21NO3S2. The molecule has 1 N–H and O–H groups in total. The molecule has 4 nitrogen and oxygen atoms in total. The Labute approximate surface area is 156 Å². The number of nitrogens with one attached hydrogen (secondary N) is 1. The molecule has 132 valence electrons. The number of benzene rings is 2. The average molecular weight is 376 g/mol. The van der Waals surface area contributed by atoms with E-state index in [1.54, 1.807) is 12.1 Å². The van der Waals surface area contributed by atoms with Gasteiger partial charge in [0.1, 0.15) is 5.75 Å². The number of ether oxygens (including phenoxy) is 1. The van der Waals surface area contributed by atoms with Crippen molar-refractivity contribution in [3.05, 3.63) is 48.0 Å². The monoisotopic (exact) mass is 375 g/mol. The standard InChI is InChI=1S/C19H21NO3S2/c1-4-23-15-6-8-16(9-7-15)25-12-18(22)14-5-10-17(20-13(2)21)19(11-14)24-3/h5-11H,4,12H2,1-3H3,(H,20,21). The maximum Gasteiger partial charge on any atom is 0.221 e. The van der Waals surface area contributed by atoms with E-state index < -0.39 is 0 Å². The summed E-state index contributed by atoms with van der Waals surface area (Å²) in [6, 6.07) is 13.1. The first-order valence-electron chi connectivity index (χ1n) is 7.88. The topological polar surface area (TPSA) is 55.4 Å². The van der Waals surface area contributed by atoms with E-state index in [0.717, 1.165) is 21.2 Å². The normalized spacial score (nSPS) is 10.4. The molecule has 0 heterocycles. The number of ketones is 1. The van der Waals surface area contributed by atoms with Crippen LogP contribution in [0.2, 0.25) is 0 Å². The summed E-state index contributed by atoms with van der Waals surface area (Å²) in [5.74, 6) is 1.13. The molecule has 0 fully saturated rings. The predicted octanol–water partition coefficient (Wildman–Crippen LogP) is 4.74. The lowest BCUT2D eigenvalue weighted by atomic mass is 10.1. The Morgan fingerprint density at radius 1 is 1.12 bits per heavy atom. The van der Waals surface area contributed by atoms with Crippen molar-refractivity contribution in [3.8, 4) is 5.75 Å². The van der Waals surface area contributed by atoms with Crippen molar-refractivity contribution in [1.29, 1.82) is 0 Å². The van der Waals surface area contributed by atoms with Gasteiger partial charge in [-0.2, -0.15) is 0 Å². The summed E-state index contributed by atoms with van der Waals surface area (Å²) in [6.07, 6.45) is 1.92. The molecule has 0 bridgehead atoms. The fourth-order valence-electron chi connectivity index (χ4n) is 2.19. The fourth-order valence-corrected chi connectivity index (χ4v) is 3.57. The Bertz CT molecular complexity index is 745. The van der Waals surface area contributed by atoms with Gasteiger partial charge in [-0.25, -0.2) is 0 Å². The van der Waals surface area contributed by atoms with Crippen molar-refractivity contribution in [3.63, 3.8) is 0 Å². The van der Waals surface area contributed by atoms with Gasteiger partial charge in [0, 0.05) is 22.3 Å². The van der Waals surface area contributed by atoms with Gasteiger partial charge in [-0.3, -0.25) is 9.59 Å². The van der Waals surface area contributed by atoms with E-state index in [4.69, 9.17) is 4.74 Å². The summed E-state index contributed by atoms with van der Waals surface area (Å²) >= 11 is 3.00. The van der Waals surface area contributed by atoms with Crippen molar-refractivity contribution < 1.29 is 14.3 Å². The van der Waals surface area contributed by atoms with Crippen LogP contribution in [0.1, 0.15) is 24.2 Å². The van der Waals surface area contributed by atoms with Gasteiger partial charge in [-0.15, -0.1) is 23.5 Å². The van der Waals surface area contributed by atoms with E-state index >= 15 is 0 Å². The molecule has 0 aliphatic carbocycles. The molecule has 1 amide bonds. The van der Waals surface area contributed by atoms with Crippen molar-refractivity contribution in [2.45, 2.75) is 23.6 Å². The predicted molar refractivity (Wildman–Crippen MR) is 105 cm³/mol. The second-order valence-electron chi connectivity index (χ2n) is 5.21. The first kappa shape index (κ1) is 19.4. The van der Waals surface area contributed by atoms with Crippen molar-refractivity contribution in [2.24, 2.45) is 0 Å². The molecule has 2 aromatic carbocycles. The smallest absolute Gasteiger partial charge is 0.221 e. The summed E-state index contributed by atoms with van der Waals surface area (Å²) in [7, 11) is 0. The summed E-state index contributed by atoms with van der Waals surface area (Å²) in [5, 5.41) is 2.78. The SMILES string of the molecule is CCOc1ccc(SCC(=O)c2ccc(NC(C)=O)c(SC)c2)cc1. The summed E-state index contributed by atoms with van der Waals surface area (Å²) < 4.78 is 5.41. The van der Waals surface area contributed by atoms with Gasteiger partial charge in [0.15, 0.2) is 5.78 Å². The largest absolute Gasteiger partial charge is 0.494 e. The lowest BCUT2D eigenvalue weighted by molar-refractivity contribution is -0.114. The number of hydrogen-bond donors (Lipinski definition) is 1. The van der Waals surface area contributed by atoms with Crippen LogP contribution in [0.4, 0.5) is 5.69 Å². The number of carbonyl (C=O) groups is 2. The molecule has 0 aromatic heterocycles. The van der Waals surface area contributed by atoms with Gasteiger partial charge in [0.25, 0.3) is 0 Å². The van der Waals surface area contributed by atoms with Crippen molar-refractivity contribution in [2.75, 3.05) is 23.9 Å². The zero-order valence-electron chi connectivity index (χ0n) is 14.5. The third-order valence-electron chi connectivity index (χ3n) is 3.34. The van der Waals surface area contributed by atoms with Crippen LogP contribution in [0.3, 0.4) is 0 Å². The first-order valence-corrected chi connectivity index (χ1v) is 10.1. The second kappa shape index (κ2) is 9.53. The van der Waals surface area contributed by atoms with Crippen LogP contribution in [-0.2, 0) is 4.79 Å². The van der Waals surface area contributed by atoms with Crippen LogP contribution in [0, 0.1) is 0 Å². The molecule has 0 aliphatic heterocycles.